The van der Waals surface area contributed by atoms with Crippen LogP contribution in [0.25, 0.3) is 10.7 Å². The van der Waals surface area contributed by atoms with E-state index in [2.05, 4.69) is 37.0 Å². The number of rotatable bonds is 6. The van der Waals surface area contributed by atoms with Gasteiger partial charge >= 0.3 is 0 Å². The normalized spacial score (nSPS) is 10.2. The molecule has 2 nitrogen and oxygen atoms in total. The van der Waals surface area contributed by atoms with E-state index in [1.54, 1.807) is 0 Å². The Labute approximate surface area is 136 Å². The molecule has 0 atom stereocenters. The molecule has 2 rings (SSSR count). The van der Waals surface area contributed by atoms with Crippen molar-refractivity contribution in [1.29, 1.82) is 0 Å². The van der Waals surface area contributed by atoms with Crippen molar-refractivity contribution in [3.8, 4) is 0 Å². The van der Waals surface area contributed by atoms with Crippen LogP contribution < -0.4 is 5.73 Å². The van der Waals surface area contributed by atoms with Crippen molar-refractivity contribution < 1.29 is 0 Å². The van der Waals surface area contributed by atoms with Gasteiger partial charge in [0, 0.05) is 21.9 Å². The number of benzene rings is 2. The van der Waals surface area contributed by atoms with Crippen LogP contribution in [-0.4, -0.2) is 6.72 Å². The predicted octanol–water partition coefficient (Wildman–Crippen LogP) is 4.94. The molecule has 0 aliphatic carbocycles. The van der Waals surface area contributed by atoms with Gasteiger partial charge in [0.05, 0.1) is 5.69 Å². The summed E-state index contributed by atoms with van der Waals surface area (Å²) in [6.07, 6.45) is 1.76. The molecular weight excluding hydrogens is 292 g/mol. The first-order chi connectivity index (χ1) is 10.5. The Bertz CT molecular complexity index is 718. The standard InChI is InChI=1S/C19H19ClN2/c1-13(20)17-12-18(14(2)21)16(11-19(17)22-3)10-9-15-7-5-4-6-8-15/h4-8,11-12H,1-3,9-10,21H2. The van der Waals surface area contributed by atoms with Crippen LogP contribution in [0.5, 0.6) is 0 Å². The molecule has 2 N–H and O–H groups in total. The number of halogens is 1. The molecule has 3 heteroatoms. The molecule has 0 saturated heterocycles. The summed E-state index contributed by atoms with van der Waals surface area (Å²) >= 11 is 6.04. The van der Waals surface area contributed by atoms with E-state index >= 15 is 0 Å². The van der Waals surface area contributed by atoms with Crippen molar-refractivity contribution in [3.05, 3.63) is 77.9 Å². The molecular formula is C19H19ClN2. The molecule has 2 aromatic rings. The zero-order valence-electron chi connectivity index (χ0n) is 12.5. The molecule has 0 fully saturated rings. The van der Waals surface area contributed by atoms with Crippen LogP contribution in [0.2, 0.25) is 0 Å². The molecule has 0 bridgehead atoms. The Morgan fingerprint density at radius 3 is 2.27 bits per heavy atom. The summed E-state index contributed by atoms with van der Waals surface area (Å²) in [7, 11) is 0. The van der Waals surface area contributed by atoms with Gasteiger partial charge in [0.2, 0.25) is 0 Å². The van der Waals surface area contributed by atoms with Crippen LogP contribution in [0.1, 0.15) is 22.3 Å². The lowest BCUT2D eigenvalue weighted by molar-refractivity contribution is 0.955. The molecule has 0 aromatic heterocycles. The number of hydrogen-bond donors (Lipinski definition) is 1. The quantitative estimate of drug-likeness (QED) is 0.754. The first-order valence-corrected chi connectivity index (χ1v) is 7.38. The van der Waals surface area contributed by atoms with Crippen molar-refractivity contribution in [1.82, 2.24) is 0 Å². The van der Waals surface area contributed by atoms with Gasteiger partial charge in [-0.3, -0.25) is 4.99 Å². The van der Waals surface area contributed by atoms with Gasteiger partial charge in [-0.05, 0) is 42.8 Å². The highest BCUT2D eigenvalue weighted by atomic mass is 35.5. The Kier molecular flexibility index (Phi) is 5.18. The number of nitrogens with two attached hydrogens (primary N) is 1. The second-order valence-corrected chi connectivity index (χ2v) is 5.56. The van der Waals surface area contributed by atoms with Crippen molar-refractivity contribution in [2.24, 2.45) is 10.7 Å². The maximum Gasteiger partial charge on any atom is 0.0712 e. The van der Waals surface area contributed by atoms with Gasteiger partial charge in [-0.25, -0.2) is 0 Å². The van der Waals surface area contributed by atoms with Gasteiger partial charge in [-0.2, -0.15) is 0 Å². The fraction of sp³-hybridized carbons (Fsp3) is 0.105. The van der Waals surface area contributed by atoms with E-state index in [0.717, 1.165) is 29.5 Å². The van der Waals surface area contributed by atoms with Gasteiger partial charge in [-0.1, -0.05) is 55.1 Å². The summed E-state index contributed by atoms with van der Waals surface area (Å²) in [6.45, 7) is 11.2. The average Bonchev–Trinajstić information content (AvgIpc) is 2.52. The predicted molar refractivity (Wildman–Crippen MR) is 97.6 cm³/mol. The molecule has 0 radical (unpaired) electrons. The van der Waals surface area contributed by atoms with Crippen LogP contribution >= 0.6 is 11.6 Å². The van der Waals surface area contributed by atoms with Gasteiger partial charge in [0.15, 0.2) is 0 Å². The third kappa shape index (κ3) is 3.66. The SMILES string of the molecule is C=Nc1cc(CCc2ccccc2)c(C(=C)N)cc1C(=C)Cl. The van der Waals surface area contributed by atoms with E-state index in [4.69, 9.17) is 17.3 Å². The highest BCUT2D eigenvalue weighted by molar-refractivity contribution is 6.48. The molecule has 22 heavy (non-hydrogen) atoms. The van der Waals surface area contributed by atoms with Crippen LogP contribution in [0.4, 0.5) is 5.69 Å². The molecule has 0 saturated carbocycles. The summed E-state index contributed by atoms with van der Waals surface area (Å²) < 4.78 is 0. The fourth-order valence-corrected chi connectivity index (χ4v) is 2.56. The average molecular weight is 311 g/mol. The lowest BCUT2D eigenvalue weighted by Crippen LogP contribution is -2.02. The smallest absolute Gasteiger partial charge is 0.0712 e. The third-order valence-electron chi connectivity index (χ3n) is 3.56. The minimum Gasteiger partial charge on any atom is -0.399 e. The van der Waals surface area contributed by atoms with Crippen LogP contribution in [0.3, 0.4) is 0 Å². The highest BCUT2D eigenvalue weighted by Gasteiger charge is 2.12. The highest BCUT2D eigenvalue weighted by Crippen LogP contribution is 2.33. The molecule has 0 aliphatic heterocycles. The maximum atomic E-state index is 6.04. The molecule has 0 unspecified atom stereocenters. The largest absolute Gasteiger partial charge is 0.399 e. The molecule has 112 valence electrons. The Balaban J connectivity index is 2.38. The number of nitrogens with zero attached hydrogens (tertiary/aromatic N) is 1. The second kappa shape index (κ2) is 7.10. The van der Waals surface area contributed by atoms with Crippen LogP contribution in [0.15, 0.2) is 60.6 Å². The lowest BCUT2D eigenvalue weighted by Gasteiger charge is -2.14. The number of hydrogen-bond acceptors (Lipinski definition) is 2. The van der Waals surface area contributed by atoms with Crippen molar-refractivity contribution in [2.45, 2.75) is 12.8 Å². The summed E-state index contributed by atoms with van der Waals surface area (Å²) in [5.74, 6) is 0. The van der Waals surface area contributed by atoms with E-state index < -0.39 is 0 Å². The van der Waals surface area contributed by atoms with E-state index in [1.807, 2.05) is 30.3 Å². The Hall–Kier alpha value is -2.32. The van der Waals surface area contributed by atoms with Crippen molar-refractivity contribution >= 4 is 34.7 Å². The van der Waals surface area contributed by atoms with Crippen LogP contribution in [0, 0.1) is 0 Å². The number of aryl methyl sites for hydroxylation is 2. The summed E-state index contributed by atoms with van der Waals surface area (Å²) in [6, 6.07) is 14.2. The van der Waals surface area contributed by atoms with E-state index in [9.17, 15) is 0 Å². The monoisotopic (exact) mass is 310 g/mol. The number of aliphatic imine (C=N–C) groups is 1. The second-order valence-electron chi connectivity index (χ2n) is 5.10. The zero-order chi connectivity index (χ0) is 16.1. The Morgan fingerprint density at radius 1 is 1.05 bits per heavy atom. The molecule has 0 spiro atoms. The first kappa shape index (κ1) is 16.1. The molecule has 2 aromatic carbocycles. The van der Waals surface area contributed by atoms with E-state index in [-0.39, 0.29) is 0 Å². The minimum atomic E-state index is 0.416. The maximum absolute atomic E-state index is 6.04. The first-order valence-electron chi connectivity index (χ1n) is 7.00. The van der Waals surface area contributed by atoms with Crippen LogP contribution in [-0.2, 0) is 12.8 Å². The topological polar surface area (TPSA) is 38.4 Å². The fourth-order valence-electron chi connectivity index (χ4n) is 2.41. The summed E-state index contributed by atoms with van der Waals surface area (Å²) in [4.78, 5) is 4.04. The summed E-state index contributed by atoms with van der Waals surface area (Å²) in [5.41, 5.74) is 11.1. The van der Waals surface area contributed by atoms with Gasteiger partial charge in [-0.15, -0.1) is 0 Å². The summed E-state index contributed by atoms with van der Waals surface area (Å²) in [5, 5.41) is 0.416. The van der Waals surface area contributed by atoms with E-state index in [1.165, 1.54) is 5.56 Å². The zero-order valence-corrected chi connectivity index (χ0v) is 13.2. The third-order valence-corrected chi connectivity index (χ3v) is 3.76. The van der Waals surface area contributed by atoms with E-state index in [0.29, 0.717) is 16.4 Å². The van der Waals surface area contributed by atoms with Gasteiger partial charge < -0.3 is 5.73 Å². The Morgan fingerprint density at radius 2 is 1.73 bits per heavy atom. The van der Waals surface area contributed by atoms with Gasteiger partial charge in [0.1, 0.15) is 0 Å². The lowest BCUT2D eigenvalue weighted by atomic mass is 9.95. The van der Waals surface area contributed by atoms with Crippen molar-refractivity contribution in [3.63, 3.8) is 0 Å². The molecule has 0 aliphatic rings. The minimum absolute atomic E-state index is 0.416. The van der Waals surface area contributed by atoms with Gasteiger partial charge in [0.25, 0.3) is 0 Å². The molecule has 0 heterocycles. The van der Waals surface area contributed by atoms with Crippen molar-refractivity contribution in [2.75, 3.05) is 0 Å². The molecule has 0 amide bonds.